The molecule has 0 radical (unpaired) electrons. The Balaban J connectivity index is 1.92. The molecule has 35 heavy (non-hydrogen) atoms. The van der Waals surface area contributed by atoms with Gasteiger partial charge in [-0.2, -0.15) is 4.99 Å². The third-order valence-corrected chi connectivity index (χ3v) is 6.13. The minimum Gasteiger partial charge on any atom is -0.423 e. The Morgan fingerprint density at radius 1 is 1.29 bits per heavy atom. The number of anilines is 1. The standard InChI is InChI=1S/C24H30F2N8O/c1-12-6-16-20(13(2)32-21(16)19(7-12)29-5)22(34-10-17(18(27)11-34)24(4,25)26)33-23(28)35-15-8-30-14(3)31-9-15/h6-9,17-18,29,32H,2,10-11,27H2,1,3-5H3,(H2,28,33)/b22-20-. The average molecular weight is 485 g/mol. The minimum absolute atomic E-state index is 0.00123. The third-order valence-electron chi connectivity index (χ3n) is 6.13. The number of rotatable bonds is 5. The maximum absolute atomic E-state index is 14.3. The van der Waals surface area contributed by atoms with E-state index < -0.39 is 17.9 Å². The van der Waals surface area contributed by atoms with E-state index in [2.05, 4.69) is 31.8 Å². The molecule has 2 unspecified atom stereocenters. The summed E-state index contributed by atoms with van der Waals surface area (Å²) >= 11 is 0. The number of halogens is 2. The first kappa shape index (κ1) is 24.4. The third kappa shape index (κ3) is 4.90. The monoisotopic (exact) mass is 484 g/mol. The van der Waals surface area contributed by atoms with Gasteiger partial charge in [-0.1, -0.05) is 6.58 Å². The van der Waals surface area contributed by atoms with Crippen LogP contribution in [0.1, 0.15) is 18.3 Å². The van der Waals surface area contributed by atoms with Crippen molar-refractivity contribution in [2.24, 2.45) is 22.4 Å². The molecular weight excluding hydrogens is 454 g/mol. The Labute approximate surface area is 201 Å². The molecule has 11 heteroatoms. The van der Waals surface area contributed by atoms with Crippen LogP contribution >= 0.6 is 0 Å². The Bertz CT molecular complexity index is 1380. The Hall–Kier alpha value is -3.73. The van der Waals surface area contributed by atoms with Crippen molar-refractivity contribution in [3.63, 3.8) is 0 Å². The van der Waals surface area contributed by atoms with Gasteiger partial charge in [-0.25, -0.2) is 18.7 Å². The smallest absolute Gasteiger partial charge is 0.294 e. The van der Waals surface area contributed by atoms with Crippen LogP contribution in [0.5, 0.6) is 5.75 Å². The van der Waals surface area contributed by atoms with E-state index in [1.165, 1.54) is 12.4 Å². The van der Waals surface area contributed by atoms with Crippen molar-refractivity contribution >= 4 is 35.0 Å². The molecule has 0 spiro atoms. The SMILES string of the molecule is C=c1[nH]c2c(NC)cc(C)cc2/c1=C(/N=C(\N)Oc1cnc(C)nc1)N1CC(N)C(C(C)(F)F)C1. The zero-order valence-electron chi connectivity index (χ0n) is 20.2. The molecule has 1 aliphatic heterocycles. The molecule has 2 aromatic heterocycles. The number of H-pyrrole nitrogens is 1. The molecule has 3 aromatic rings. The number of aryl methyl sites for hydroxylation is 2. The van der Waals surface area contributed by atoms with Crippen molar-refractivity contribution in [1.82, 2.24) is 19.9 Å². The maximum Gasteiger partial charge on any atom is 0.294 e. The highest BCUT2D eigenvalue weighted by Crippen LogP contribution is 2.33. The van der Waals surface area contributed by atoms with Crippen LogP contribution in [0.4, 0.5) is 14.5 Å². The summed E-state index contributed by atoms with van der Waals surface area (Å²) in [6.45, 7) is 8.94. The van der Waals surface area contributed by atoms with Crippen LogP contribution in [0, 0.1) is 19.8 Å². The van der Waals surface area contributed by atoms with E-state index in [9.17, 15) is 8.78 Å². The molecule has 1 fully saturated rings. The van der Waals surface area contributed by atoms with Crippen LogP contribution in [0.25, 0.3) is 23.3 Å². The fourth-order valence-corrected chi connectivity index (χ4v) is 4.45. The Morgan fingerprint density at radius 2 is 1.97 bits per heavy atom. The first-order valence-corrected chi connectivity index (χ1v) is 11.2. The second-order valence-corrected chi connectivity index (χ2v) is 8.94. The number of alkyl halides is 2. The molecular formula is C24H30F2N8O. The van der Waals surface area contributed by atoms with Crippen molar-refractivity contribution in [2.45, 2.75) is 32.7 Å². The lowest BCUT2D eigenvalue weighted by atomic mass is 9.98. The number of ether oxygens (including phenoxy) is 1. The number of amidine groups is 1. The highest BCUT2D eigenvalue weighted by molar-refractivity contribution is 5.93. The number of aliphatic imine (C=N–C) groups is 1. The largest absolute Gasteiger partial charge is 0.423 e. The molecule has 1 aromatic carbocycles. The van der Waals surface area contributed by atoms with Gasteiger partial charge in [0.25, 0.3) is 11.9 Å². The number of nitrogens with one attached hydrogen (secondary N) is 2. The molecule has 1 saturated heterocycles. The summed E-state index contributed by atoms with van der Waals surface area (Å²) in [6.07, 6.45) is 2.95. The predicted octanol–water partition coefficient (Wildman–Crippen LogP) is 1.40. The first-order valence-electron chi connectivity index (χ1n) is 11.2. The molecule has 4 rings (SSSR count). The molecule has 2 atom stereocenters. The van der Waals surface area contributed by atoms with Gasteiger partial charge in [0, 0.05) is 42.1 Å². The predicted molar refractivity (Wildman–Crippen MR) is 133 cm³/mol. The zero-order chi connectivity index (χ0) is 25.5. The minimum atomic E-state index is -2.95. The number of nitrogens with two attached hydrogens (primary N) is 2. The summed E-state index contributed by atoms with van der Waals surface area (Å²) in [7, 11) is 1.82. The number of nitrogens with zero attached hydrogens (tertiary/aromatic N) is 4. The van der Waals surface area contributed by atoms with Crippen molar-refractivity contribution in [3.8, 4) is 5.75 Å². The number of likely N-dealkylation sites (tertiary alicyclic amines) is 1. The van der Waals surface area contributed by atoms with Crippen LogP contribution < -0.4 is 32.1 Å². The molecule has 3 heterocycles. The van der Waals surface area contributed by atoms with Gasteiger partial charge in [0.05, 0.1) is 29.5 Å². The molecule has 6 N–H and O–H groups in total. The van der Waals surface area contributed by atoms with Gasteiger partial charge >= 0.3 is 0 Å². The molecule has 0 aliphatic carbocycles. The quantitative estimate of drug-likeness (QED) is 0.318. The highest BCUT2D eigenvalue weighted by atomic mass is 19.3. The van der Waals surface area contributed by atoms with Crippen molar-refractivity contribution in [2.75, 3.05) is 25.5 Å². The summed E-state index contributed by atoms with van der Waals surface area (Å²) in [6, 6.07) is 3.04. The number of benzene rings is 1. The second kappa shape index (κ2) is 9.14. The van der Waals surface area contributed by atoms with Crippen LogP contribution in [-0.4, -0.2) is 58.0 Å². The summed E-state index contributed by atoms with van der Waals surface area (Å²) in [5.74, 6) is -2.77. The molecule has 9 nitrogen and oxygen atoms in total. The molecule has 186 valence electrons. The average Bonchev–Trinajstić information content (AvgIpc) is 3.32. The molecule has 0 bridgehead atoms. The lowest BCUT2D eigenvalue weighted by Crippen LogP contribution is -2.39. The van der Waals surface area contributed by atoms with Crippen LogP contribution in [-0.2, 0) is 0 Å². The van der Waals surface area contributed by atoms with E-state index in [0.717, 1.165) is 29.1 Å². The summed E-state index contributed by atoms with van der Waals surface area (Å²) in [5, 5.41) is 5.20. The van der Waals surface area contributed by atoms with E-state index in [0.29, 0.717) is 28.0 Å². The van der Waals surface area contributed by atoms with Gasteiger partial charge in [0.15, 0.2) is 5.75 Å². The van der Waals surface area contributed by atoms with Crippen molar-refractivity contribution < 1.29 is 13.5 Å². The topological polar surface area (TPSA) is 130 Å². The van der Waals surface area contributed by atoms with E-state index in [4.69, 9.17) is 16.2 Å². The first-order chi connectivity index (χ1) is 16.5. The lowest BCUT2D eigenvalue weighted by molar-refractivity contribution is -0.0385. The lowest BCUT2D eigenvalue weighted by Gasteiger charge is -2.22. The molecule has 0 amide bonds. The fourth-order valence-electron chi connectivity index (χ4n) is 4.45. The van der Waals surface area contributed by atoms with E-state index in [-0.39, 0.29) is 19.1 Å². The summed E-state index contributed by atoms with van der Waals surface area (Å²) in [5.41, 5.74) is 15.0. The number of aromatic amines is 1. The zero-order valence-corrected chi connectivity index (χ0v) is 20.2. The maximum atomic E-state index is 14.3. The second-order valence-electron chi connectivity index (χ2n) is 8.94. The summed E-state index contributed by atoms with van der Waals surface area (Å²) in [4.78, 5) is 17.7. The Kier molecular flexibility index (Phi) is 6.37. The van der Waals surface area contributed by atoms with Gasteiger partial charge < -0.3 is 31.4 Å². The number of hydrogen-bond donors (Lipinski definition) is 4. The van der Waals surface area contributed by atoms with Gasteiger partial charge in [-0.15, -0.1) is 0 Å². The Morgan fingerprint density at radius 3 is 2.57 bits per heavy atom. The van der Waals surface area contributed by atoms with Crippen LogP contribution in [0.3, 0.4) is 0 Å². The molecule has 1 aliphatic rings. The van der Waals surface area contributed by atoms with E-state index in [1.807, 2.05) is 26.1 Å². The van der Waals surface area contributed by atoms with E-state index in [1.54, 1.807) is 11.8 Å². The van der Waals surface area contributed by atoms with Crippen molar-refractivity contribution in [3.05, 3.63) is 46.5 Å². The van der Waals surface area contributed by atoms with E-state index >= 15 is 0 Å². The van der Waals surface area contributed by atoms with Crippen LogP contribution in [0.15, 0.2) is 29.5 Å². The number of aromatic nitrogens is 3. The highest BCUT2D eigenvalue weighted by Gasteiger charge is 2.45. The van der Waals surface area contributed by atoms with Crippen molar-refractivity contribution in [1.29, 1.82) is 0 Å². The fraction of sp³-hybridized carbons (Fsp3) is 0.375. The van der Waals surface area contributed by atoms with Crippen LogP contribution in [0.2, 0.25) is 0 Å². The number of hydrogen-bond acceptors (Lipinski definition) is 7. The summed E-state index contributed by atoms with van der Waals surface area (Å²) < 4.78 is 34.2. The van der Waals surface area contributed by atoms with Gasteiger partial charge in [0.2, 0.25) is 0 Å². The van der Waals surface area contributed by atoms with Gasteiger partial charge in [0.1, 0.15) is 11.6 Å². The number of fused-ring (bicyclic) bond motifs is 1. The normalized spacial score (nSPS) is 19.9. The van der Waals surface area contributed by atoms with Gasteiger partial charge in [-0.05, 0) is 38.5 Å². The molecule has 0 saturated carbocycles. The van der Waals surface area contributed by atoms with Gasteiger partial charge in [-0.3, -0.25) is 0 Å².